The molecule has 5 heteroatoms. The minimum absolute atomic E-state index is 0.0362. The van der Waals surface area contributed by atoms with Gasteiger partial charge in [0.05, 0.1) is 19.5 Å². The molecule has 1 aliphatic heterocycles. The third-order valence-corrected chi connectivity index (χ3v) is 15.6. The van der Waals surface area contributed by atoms with Crippen LogP contribution in [0.3, 0.4) is 0 Å². The van der Waals surface area contributed by atoms with Crippen molar-refractivity contribution in [1.82, 2.24) is 0 Å². The number of rotatable bonds is 9. The number of ether oxygens (including phenoxy) is 3. The summed E-state index contributed by atoms with van der Waals surface area (Å²) in [6.07, 6.45) is 11.4. The van der Waals surface area contributed by atoms with Gasteiger partial charge in [-0.05, 0) is 70.8 Å². The van der Waals surface area contributed by atoms with Gasteiger partial charge in [-0.25, -0.2) is 0 Å². The quantitative estimate of drug-likeness (QED) is 0.176. The van der Waals surface area contributed by atoms with Crippen molar-refractivity contribution in [3.63, 3.8) is 0 Å². The number of allylic oxidation sites excluding steroid dienone is 1. The molecule has 0 amide bonds. The molecule has 41 heavy (non-hydrogen) atoms. The first kappa shape index (κ1) is 30.3. The molecule has 2 aromatic rings. The van der Waals surface area contributed by atoms with Gasteiger partial charge in [-0.1, -0.05) is 101 Å². The first-order valence-electron chi connectivity index (χ1n) is 15.6. The van der Waals surface area contributed by atoms with Crippen molar-refractivity contribution in [1.29, 1.82) is 0 Å². The molecule has 2 atom stereocenters. The van der Waals surface area contributed by atoms with E-state index in [0.717, 1.165) is 51.6 Å². The van der Waals surface area contributed by atoms with Gasteiger partial charge in [0.2, 0.25) is 0 Å². The van der Waals surface area contributed by atoms with Crippen molar-refractivity contribution >= 4 is 18.7 Å². The van der Waals surface area contributed by atoms with E-state index < -0.39 is 8.32 Å². The van der Waals surface area contributed by atoms with Crippen LogP contribution in [0.25, 0.3) is 0 Å². The van der Waals surface area contributed by atoms with Crippen LogP contribution < -0.4 is 10.4 Å². The fourth-order valence-electron chi connectivity index (χ4n) is 8.20. The molecule has 222 valence electrons. The van der Waals surface area contributed by atoms with Gasteiger partial charge in [0.15, 0.2) is 5.79 Å². The van der Waals surface area contributed by atoms with E-state index >= 15 is 0 Å². The summed E-state index contributed by atoms with van der Waals surface area (Å²) in [5.41, 5.74) is 1.46. The molecule has 1 heterocycles. The van der Waals surface area contributed by atoms with Gasteiger partial charge < -0.3 is 18.6 Å². The summed E-state index contributed by atoms with van der Waals surface area (Å²) < 4.78 is 25.7. The molecule has 0 bridgehead atoms. The van der Waals surface area contributed by atoms with Crippen LogP contribution in [0, 0.1) is 10.8 Å². The maximum Gasteiger partial charge on any atom is 0.261 e. The summed E-state index contributed by atoms with van der Waals surface area (Å²) in [5.74, 6) is -0.388. The van der Waals surface area contributed by atoms with Crippen LogP contribution in [0.5, 0.6) is 0 Å². The second-order valence-corrected chi connectivity index (χ2v) is 18.1. The van der Waals surface area contributed by atoms with E-state index in [0.29, 0.717) is 13.2 Å². The first-order valence-corrected chi connectivity index (χ1v) is 17.5. The topological polar surface area (TPSA) is 36.9 Å². The molecule has 0 radical (unpaired) electrons. The molecule has 3 aliphatic rings. The predicted octanol–water partition coefficient (Wildman–Crippen LogP) is 7.53. The Morgan fingerprint density at radius 1 is 0.902 bits per heavy atom. The van der Waals surface area contributed by atoms with Gasteiger partial charge in [-0.2, -0.15) is 0 Å². The van der Waals surface area contributed by atoms with Crippen LogP contribution >= 0.6 is 0 Å². The third-order valence-electron chi connectivity index (χ3n) is 10.6. The fourth-order valence-corrected chi connectivity index (χ4v) is 12.8. The predicted molar refractivity (Wildman–Crippen MR) is 170 cm³/mol. The lowest BCUT2D eigenvalue weighted by Gasteiger charge is -2.55. The summed E-state index contributed by atoms with van der Waals surface area (Å²) >= 11 is 0. The first-order chi connectivity index (χ1) is 19.6. The second-order valence-electron chi connectivity index (χ2n) is 13.8. The Kier molecular flexibility index (Phi) is 8.74. The Morgan fingerprint density at radius 3 is 1.95 bits per heavy atom. The summed E-state index contributed by atoms with van der Waals surface area (Å²) in [6, 6.07) is 22.0. The molecule has 0 aromatic heterocycles. The minimum Gasteiger partial charge on any atom is -0.494 e. The lowest BCUT2D eigenvalue weighted by molar-refractivity contribution is -0.202. The van der Waals surface area contributed by atoms with Crippen molar-refractivity contribution in [3.8, 4) is 0 Å². The SMILES string of the molecule is C=CO[C@H]1CC[C@](C)(C2(CCO[Si](c3ccccc3)(c3ccccc3)C(C)(C)C)CCC3(CC2)OCCO3)C=C1C. The zero-order chi connectivity index (χ0) is 29.2. The number of hydrogen-bond acceptors (Lipinski definition) is 4. The lowest BCUT2D eigenvalue weighted by atomic mass is 9.52. The molecule has 0 unspecified atom stereocenters. The van der Waals surface area contributed by atoms with E-state index in [9.17, 15) is 0 Å². The van der Waals surface area contributed by atoms with E-state index in [1.54, 1.807) is 6.26 Å². The van der Waals surface area contributed by atoms with Crippen molar-refractivity contribution < 1.29 is 18.6 Å². The van der Waals surface area contributed by atoms with Gasteiger partial charge in [-0.3, -0.25) is 0 Å². The van der Waals surface area contributed by atoms with Gasteiger partial charge in [0.25, 0.3) is 8.32 Å². The Hall–Kier alpha value is -2.18. The van der Waals surface area contributed by atoms with E-state index in [4.69, 9.17) is 18.6 Å². The Balaban J connectivity index is 1.48. The second kappa shape index (κ2) is 11.8. The van der Waals surface area contributed by atoms with E-state index in [-0.39, 0.29) is 27.8 Å². The Labute approximate surface area is 249 Å². The zero-order valence-corrected chi connectivity index (χ0v) is 26.9. The van der Waals surface area contributed by atoms with Gasteiger partial charge in [0, 0.05) is 19.4 Å². The number of hydrogen-bond donors (Lipinski definition) is 0. The van der Waals surface area contributed by atoms with Crippen LogP contribution in [0.15, 0.2) is 85.2 Å². The molecule has 2 aliphatic carbocycles. The Morgan fingerprint density at radius 2 is 1.46 bits per heavy atom. The highest BCUT2D eigenvalue weighted by atomic mass is 28.4. The average Bonchev–Trinajstić information content (AvgIpc) is 3.42. The highest BCUT2D eigenvalue weighted by Crippen LogP contribution is 2.60. The smallest absolute Gasteiger partial charge is 0.261 e. The monoisotopic (exact) mass is 574 g/mol. The van der Waals surface area contributed by atoms with E-state index in [2.05, 4.69) is 108 Å². The molecule has 1 spiro atoms. The molecule has 2 aromatic carbocycles. The number of benzene rings is 2. The molecule has 1 saturated heterocycles. The Bertz CT molecular complexity index is 1150. The molecular weight excluding hydrogens is 524 g/mol. The van der Waals surface area contributed by atoms with E-state index in [1.807, 2.05) is 0 Å². The summed E-state index contributed by atoms with van der Waals surface area (Å²) in [4.78, 5) is 0. The van der Waals surface area contributed by atoms with Crippen molar-refractivity contribution in [2.24, 2.45) is 10.8 Å². The molecule has 2 fully saturated rings. The minimum atomic E-state index is -2.60. The summed E-state index contributed by atoms with van der Waals surface area (Å²) in [5, 5.41) is 2.64. The van der Waals surface area contributed by atoms with Gasteiger partial charge in [-0.15, -0.1) is 0 Å². The summed E-state index contributed by atoms with van der Waals surface area (Å²) in [7, 11) is -2.60. The van der Waals surface area contributed by atoms with Crippen LogP contribution in [0.2, 0.25) is 5.04 Å². The van der Waals surface area contributed by atoms with Crippen LogP contribution in [-0.4, -0.2) is 40.0 Å². The fraction of sp³-hybridized carbons (Fsp3) is 0.556. The van der Waals surface area contributed by atoms with Gasteiger partial charge in [0.1, 0.15) is 6.10 Å². The molecule has 4 nitrogen and oxygen atoms in total. The zero-order valence-electron chi connectivity index (χ0n) is 25.9. The standard InChI is InChI=1S/C36H50O4Si/c1-7-37-32-18-19-34(6,28-29(32)2)35(20-22-36(23-21-35)38-26-27-39-36)24-25-40-41(33(3,4)5,30-14-10-8-11-15-30)31-16-12-9-13-17-31/h7-17,28,32H,1,18-27H2,2-6H3/t32-,34-/m0/s1. The normalized spacial score (nSPS) is 26.0. The lowest BCUT2D eigenvalue weighted by Crippen LogP contribution is -2.66. The molecule has 0 N–H and O–H groups in total. The molecule has 1 saturated carbocycles. The maximum absolute atomic E-state index is 7.45. The van der Waals surface area contributed by atoms with Crippen LogP contribution in [0.4, 0.5) is 0 Å². The molecular formula is C36H50O4Si. The summed E-state index contributed by atoms with van der Waals surface area (Å²) in [6.45, 7) is 17.8. The third kappa shape index (κ3) is 5.63. The van der Waals surface area contributed by atoms with E-state index in [1.165, 1.54) is 15.9 Å². The largest absolute Gasteiger partial charge is 0.494 e. The maximum atomic E-state index is 7.45. The average molecular weight is 575 g/mol. The molecule has 5 rings (SSSR count). The van der Waals surface area contributed by atoms with Crippen molar-refractivity contribution in [2.45, 2.75) is 96.5 Å². The van der Waals surface area contributed by atoms with Crippen molar-refractivity contribution in [3.05, 3.63) is 85.2 Å². The van der Waals surface area contributed by atoms with Crippen LogP contribution in [-0.2, 0) is 18.6 Å². The van der Waals surface area contributed by atoms with Crippen molar-refractivity contribution in [2.75, 3.05) is 19.8 Å². The highest BCUT2D eigenvalue weighted by molar-refractivity contribution is 6.99. The van der Waals surface area contributed by atoms with Gasteiger partial charge >= 0.3 is 0 Å². The highest BCUT2D eigenvalue weighted by Gasteiger charge is 2.55. The van der Waals surface area contributed by atoms with Crippen LogP contribution in [0.1, 0.15) is 79.6 Å².